The van der Waals surface area contributed by atoms with Crippen LogP contribution in [0.3, 0.4) is 0 Å². The lowest BCUT2D eigenvalue weighted by molar-refractivity contribution is -0.0312. The molecule has 7 heteroatoms. The predicted octanol–water partition coefficient (Wildman–Crippen LogP) is 4.84. The quantitative estimate of drug-likeness (QED) is 0.473. The number of hydrogen-bond donors (Lipinski definition) is 1. The first-order chi connectivity index (χ1) is 15.6. The number of esters is 1. The molecule has 1 spiro atoms. The Balaban J connectivity index is 1.23. The summed E-state index contributed by atoms with van der Waals surface area (Å²) in [6.45, 7) is 0. The third-order valence-electron chi connectivity index (χ3n) is 6.79. The van der Waals surface area contributed by atoms with E-state index >= 15 is 0 Å². The van der Waals surface area contributed by atoms with E-state index in [1.54, 1.807) is 6.20 Å². The Morgan fingerprint density at radius 3 is 2.59 bits per heavy atom. The van der Waals surface area contributed by atoms with E-state index in [1.807, 2.05) is 66.5 Å². The number of ether oxygens (including phenoxy) is 1. The number of nitrogens with zero attached hydrogens (tertiary/aromatic N) is 4. The average Bonchev–Trinajstić information content (AvgIpc) is 3.39. The van der Waals surface area contributed by atoms with Gasteiger partial charge in [-0.25, -0.2) is 14.8 Å². The largest absolute Gasteiger partial charge is 0.451 e. The summed E-state index contributed by atoms with van der Waals surface area (Å²) >= 11 is 0. The van der Waals surface area contributed by atoms with Crippen molar-refractivity contribution in [1.29, 1.82) is 0 Å². The van der Waals surface area contributed by atoms with Gasteiger partial charge in [-0.05, 0) is 43.9 Å². The molecule has 2 aromatic heterocycles. The molecule has 1 saturated carbocycles. The molecule has 1 fully saturated rings. The van der Waals surface area contributed by atoms with Gasteiger partial charge >= 0.3 is 5.97 Å². The Hall–Kier alpha value is -3.74. The van der Waals surface area contributed by atoms with E-state index in [2.05, 4.69) is 9.97 Å². The van der Waals surface area contributed by atoms with E-state index < -0.39 is 5.60 Å². The second-order valence-corrected chi connectivity index (χ2v) is 8.62. The number of aromatic nitrogens is 4. The van der Waals surface area contributed by atoms with Gasteiger partial charge in [-0.3, -0.25) is 0 Å². The van der Waals surface area contributed by atoms with Crippen LogP contribution in [-0.2, 0) is 10.3 Å². The van der Waals surface area contributed by atoms with Gasteiger partial charge in [0.05, 0.1) is 11.8 Å². The maximum atomic E-state index is 12.3. The number of nitrogens with one attached hydrogen (secondary N) is 1. The Bertz CT molecular complexity index is 1310. The number of anilines is 2. The predicted molar refractivity (Wildman–Crippen MR) is 121 cm³/mol. The van der Waals surface area contributed by atoms with E-state index in [9.17, 15) is 4.79 Å². The standard InChI is InChI=1S/C25H23N5O2/c1-30(17-7-3-2-4-8-17)24-26-15-20-22(29-24)28-21(27-20)16-11-13-25(14-12-16)19-10-6-5-9-18(19)23(31)32-25/h2-10,15-16H,11-14H2,1H3,(H,26,27,28,29). The van der Waals surface area contributed by atoms with E-state index in [1.165, 1.54) is 0 Å². The molecule has 2 aromatic carbocycles. The second-order valence-electron chi connectivity index (χ2n) is 8.62. The van der Waals surface area contributed by atoms with Gasteiger partial charge in [-0.1, -0.05) is 36.4 Å². The molecule has 1 aliphatic heterocycles. The van der Waals surface area contributed by atoms with Gasteiger partial charge in [0, 0.05) is 24.2 Å². The Kier molecular flexibility index (Phi) is 4.24. The highest BCUT2D eigenvalue weighted by Gasteiger charge is 2.47. The Labute approximate surface area is 185 Å². The van der Waals surface area contributed by atoms with Gasteiger partial charge in [0.15, 0.2) is 5.65 Å². The smallest absolute Gasteiger partial charge is 0.339 e. The van der Waals surface area contributed by atoms with Crippen LogP contribution in [-0.4, -0.2) is 33.0 Å². The van der Waals surface area contributed by atoms with Gasteiger partial charge in [0.2, 0.25) is 5.95 Å². The van der Waals surface area contributed by atoms with Crippen molar-refractivity contribution in [2.75, 3.05) is 11.9 Å². The van der Waals surface area contributed by atoms with Crippen LogP contribution in [0.5, 0.6) is 0 Å². The number of hydrogen-bond acceptors (Lipinski definition) is 6. The van der Waals surface area contributed by atoms with Crippen LogP contribution in [0.15, 0.2) is 60.8 Å². The van der Waals surface area contributed by atoms with Crippen molar-refractivity contribution in [3.8, 4) is 0 Å². The van der Waals surface area contributed by atoms with Crippen LogP contribution in [0.4, 0.5) is 11.6 Å². The summed E-state index contributed by atoms with van der Waals surface area (Å²) in [7, 11) is 1.95. The number of fused-ring (bicyclic) bond motifs is 3. The van der Waals surface area contributed by atoms with E-state index in [0.717, 1.165) is 53.9 Å². The second kappa shape index (κ2) is 7.15. The molecule has 1 N–H and O–H groups in total. The molecule has 2 aliphatic rings. The lowest BCUT2D eigenvalue weighted by atomic mass is 9.75. The molecule has 3 heterocycles. The summed E-state index contributed by atoms with van der Waals surface area (Å²) in [5.41, 5.74) is 3.79. The fourth-order valence-electron chi connectivity index (χ4n) is 5.02. The number of carbonyl (C=O) groups excluding carboxylic acids is 1. The van der Waals surface area contributed by atoms with Crippen molar-refractivity contribution in [3.63, 3.8) is 0 Å². The van der Waals surface area contributed by atoms with Crippen molar-refractivity contribution in [3.05, 3.63) is 77.7 Å². The molecular formula is C25H23N5O2. The van der Waals surface area contributed by atoms with Crippen molar-refractivity contribution >= 4 is 28.8 Å². The number of para-hydroxylation sites is 1. The van der Waals surface area contributed by atoms with Crippen molar-refractivity contribution < 1.29 is 9.53 Å². The van der Waals surface area contributed by atoms with Crippen molar-refractivity contribution in [2.24, 2.45) is 0 Å². The zero-order chi connectivity index (χ0) is 21.7. The molecule has 0 atom stereocenters. The normalized spacial score (nSPS) is 22.2. The van der Waals surface area contributed by atoms with Crippen LogP contribution >= 0.6 is 0 Å². The molecule has 0 bridgehead atoms. The van der Waals surface area contributed by atoms with E-state index in [-0.39, 0.29) is 11.9 Å². The Morgan fingerprint density at radius 2 is 1.78 bits per heavy atom. The first-order valence-corrected chi connectivity index (χ1v) is 11.0. The number of benzene rings is 2. The first-order valence-electron chi connectivity index (χ1n) is 11.0. The SMILES string of the molecule is CN(c1ccccc1)c1ncc2nc(C3CCC4(CC3)OC(=O)c3ccccc34)[nH]c2n1. The molecule has 0 radical (unpaired) electrons. The highest BCUT2D eigenvalue weighted by Crippen LogP contribution is 2.49. The molecular weight excluding hydrogens is 402 g/mol. The van der Waals surface area contributed by atoms with Crippen LogP contribution in [0.25, 0.3) is 11.2 Å². The van der Waals surface area contributed by atoms with Gasteiger partial charge in [0.25, 0.3) is 0 Å². The molecule has 1 aliphatic carbocycles. The fourth-order valence-corrected chi connectivity index (χ4v) is 5.02. The van der Waals surface area contributed by atoms with E-state index in [0.29, 0.717) is 11.5 Å². The summed E-state index contributed by atoms with van der Waals surface area (Å²) in [6, 6.07) is 17.8. The molecule has 160 valence electrons. The third kappa shape index (κ3) is 2.96. The van der Waals surface area contributed by atoms with Crippen LogP contribution in [0, 0.1) is 0 Å². The summed E-state index contributed by atoms with van der Waals surface area (Å²) in [6.07, 6.45) is 5.16. The third-order valence-corrected chi connectivity index (χ3v) is 6.79. The van der Waals surface area contributed by atoms with Crippen LogP contribution in [0.2, 0.25) is 0 Å². The number of rotatable bonds is 3. The minimum atomic E-state index is -0.485. The zero-order valence-electron chi connectivity index (χ0n) is 17.8. The summed E-state index contributed by atoms with van der Waals surface area (Å²) < 4.78 is 5.89. The topological polar surface area (TPSA) is 84.0 Å². The van der Waals surface area contributed by atoms with Crippen LogP contribution in [0.1, 0.15) is 53.3 Å². The summed E-state index contributed by atoms with van der Waals surface area (Å²) in [4.78, 5) is 31.7. The minimum absolute atomic E-state index is 0.201. The average molecular weight is 425 g/mol. The number of H-pyrrole nitrogens is 1. The van der Waals surface area contributed by atoms with Crippen LogP contribution < -0.4 is 4.90 Å². The maximum absolute atomic E-state index is 12.3. The van der Waals surface area contributed by atoms with Gasteiger partial charge in [0.1, 0.15) is 16.9 Å². The molecule has 0 saturated heterocycles. The molecule has 4 aromatic rings. The fraction of sp³-hybridized carbons (Fsp3) is 0.280. The first kappa shape index (κ1) is 19.0. The maximum Gasteiger partial charge on any atom is 0.339 e. The molecule has 7 nitrogen and oxygen atoms in total. The van der Waals surface area contributed by atoms with Crippen molar-refractivity contribution in [2.45, 2.75) is 37.2 Å². The number of imidazole rings is 1. The molecule has 6 rings (SSSR count). The summed E-state index contributed by atoms with van der Waals surface area (Å²) in [5.74, 6) is 1.63. The number of aromatic amines is 1. The lowest BCUT2D eigenvalue weighted by Gasteiger charge is -2.35. The van der Waals surface area contributed by atoms with E-state index in [4.69, 9.17) is 14.7 Å². The summed E-state index contributed by atoms with van der Waals surface area (Å²) in [5, 5.41) is 0. The molecule has 0 amide bonds. The van der Waals surface area contributed by atoms with Crippen molar-refractivity contribution in [1.82, 2.24) is 19.9 Å². The molecule has 0 unspecified atom stereocenters. The Morgan fingerprint density at radius 1 is 1.03 bits per heavy atom. The minimum Gasteiger partial charge on any atom is -0.451 e. The monoisotopic (exact) mass is 425 g/mol. The number of carbonyl (C=O) groups is 1. The highest BCUT2D eigenvalue weighted by atomic mass is 16.6. The molecule has 32 heavy (non-hydrogen) atoms. The highest BCUT2D eigenvalue weighted by molar-refractivity contribution is 5.94. The van der Waals surface area contributed by atoms with Gasteiger partial charge in [-0.15, -0.1) is 0 Å². The zero-order valence-corrected chi connectivity index (χ0v) is 17.8. The van der Waals surface area contributed by atoms with Gasteiger partial charge in [-0.2, -0.15) is 4.98 Å². The lowest BCUT2D eigenvalue weighted by Crippen LogP contribution is -2.31. The van der Waals surface area contributed by atoms with Gasteiger partial charge < -0.3 is 14.6 Å².